The lowest BCUT2D eigenvalue weighted by Gasteiger charge is -2.07. The molecule has 9 heteroatoms. The minimum absolute atomic E-state index is 0.0888. The molecule has 0 atom stereocenters. The zero-order chi connectivity index (χ0) is 21.8. The second-order valence-corrected chi connectivity index (χ2v) is 7.41. The number of benzene rings is 2. The van der Waals surface area contributed by atoms with Gasteiger partial charge >= 0.3 is 5.63 Å². The van der Waals surface area contributed by atoms with Crippen LogP contribution in [0.4, 0.5) is 4.39 Å². The van der Waals surface area contributed by atoms with Crippen LogP contribution < -0.4 is 15.7 Å². The van der Waals surface area contributed by atoms with Gasteiger partial charge in [-0.3, -0.25) is 4.79 Å². The average Bonchev–Trinajstić information content (AvgIpc) is 2.77. The number of carbonyl (C=O) groups excluding carboxylic acids is 1. The Morgan fingerprint density at radius 2 is 1.87 bits per heavy atom. The van der Waals surface area contributed by atoms with Gasteiger partial charge in [-0.15, -0.1) is 10.2 Å². The van der Waals surface area contributed by atoms with E-state index in [1.54, 1.807) is 42.5 Å². The molecule has 1 amide bonds. The molecular formula is C22H15BrFN3O4. The Balaban J connectivity index is 1.33. The molecule has 1 N–H and O–H groups in total. The SMILES string of the molecule is O=C(NCCOc1ccc(-c2ccc(F)cc2)nn1)c1cc2cc(Br)ccc2oc1=O. The fraction of sp³-hybridized carbons (Fsp3) is 0.0909. The quantitative estimate of drug-likeness (QED) is 0.329. The summed E-state index contributed by atoms with van der Waals surface area (Å²) in [4.78, 5) is 24.4. The van der Waals surface area contributed by atoms with Gasteiger partial charge in [0.1, 0.15) is 23.6 Å². The van der Waals surface area contributed by atoms with Gasteiger partial charge in [-0.25, -0.2) is 9.18 Å². The van der Waals surface area contributed by atoms with Gasteiger partial charge in [0.15, 0.2) is 0 Å². The number of hydrogen-bond donors (Lipinski definition) is 1. The molecule has 2 heterocycles. The molecule has 4 aromatic rings. The van der Waals surface area contributed by atoms with Gasteiger partial charge in [-0.05, 0) is 54.6 Å². The first kappa shape index (κ1) is 20.7. The van der Waals surface area contributed by atoms with Gasteiger partial charge in [0, 0.05) is 21.5 Å². The monoisotopic (exact) mass is 483 g/mol. The van der Waals surface area contributed by atoms with Crippen LogP contribution in [0.3, 0.4) is 0 Å². The fourth-order valence-electron chi connectivity index (χ4n) is 2.84. The first-order valence-corrected chi connectivity index (χ1v) is 10.0. The van der Waals surface area contributed by atoms with Crippen LogP contribution in [-0.4, -0.2) is 29.3 Å². The highest BCUT2D eigenvalue weighted by molar-refractivity contribution is 9.10. The zero-order valence-electron chi connectivity index (χ0n) is 16.0. The summed E-state index contributed by atoms with van der Waals surface area (Å²) < 4.78 is 24.5. The molecule has 0 radical (unpaired) electrons. The predicted molar refractivity (Wildman–Crippen MR) is 115 cm³/mol. The molecule has 0 bridgehead atoms. The molecule has 4 rings (SSSR count). The molecule has 2 aromatic heterocycles. The highest BCUT2D eigenvalue weighted by Gasteiger charge is 2.13. The highest BCUT2D eigenvalue weighted by atomic mass is 79.9. The molecule has 0 spiro atoms. The zero-order valence-corrected chi connectivity index (χ0v) is 17.6. The second-order valence-electron chi connectivity index (χ2n) is 6.50. The molecule has 0 unspecified atom stereocenters. The minimum atomic E-state index is -0.713. The molecule has 7 nitrogen and oxygen atoms in total. The van der Waals surface area contributed by atoms with Crippen molar-refractivity contribution >= 4 is 32.8 Å². The number of carbonyl (C=O) groups is 1. The van der Waals surface area contributed by atoms with E-state index in [-0.39, 0.29) is 30.4 Å². The Morgan fingerprint density at radius 3 is 2.61 bits per heavy atom. The van der Waals surface area contributed by atoms with Gasteiger partial charge < -0.3 is 14.5 Å². The number of aromatic nitrogens is 2. The number of nitrogens with one attached hydrogen (secondary N) is 1. The van der Waals surface area contributed by atoms with Crippen molar-refractivity contribution in [2.75, 3.05) is 13.2 Å². The summed E-state index contributed by atoms with van der Waals surface area (Å²) in [7, 11) is 0. The van der Waals surface area contributed by atoms with Crippen LogP contribution in [0.5, 0.6) is 5.88 Å². The Morgan fingerprint density at radius 1 is 1.06 bits per heavy atom. The average molecular weight is 484 g/mol. The van der Waals surface area contributed by atoms with Gasteiger partial charge in [0.2, 0.25) is 5.88 Å². The second kappa shape index (κ2) is 9.05. The van der Waals surface area contributed by atoms with E-state index in [1.165, 1.54) is 18.2 Å². The minimum Gasteiger partial charge on any atom is -0.475 e. The van der Waals surface area contributed by atoms with E-state index in [9.17, 15) is 14.0 Å². The van der Waals surface area contributed by atoms with E-state index in [4.69, 9.17) is 9.15 Å². The summed E-state index contributed by atoms with van der Waals surface area (Å²) in [5.41, 5.74) is 0.907. The van der Waals surface area contributed by atoms with Crippen molar-refractivity contribution in [2.45, 2.75) is 0 Å². The Labute approximate surface area is 184 Å². The van der Waals surface area contributed by atoms with Crippen molar-refractivity contribution in [2.24, 2.45) is 0 Å². The number of fused-ring (bicyclic) bond motifs is 1. The molecule has 0 saturated carbocycles. The van der Waals surface area contributed by atoms with E-state index in [0.29, 0.717) is 16.7 Å². The molecule has 2 aromatic carbocycles. The van der Waals surface area contributed by atoms with Crippen LogP contribution in [0.15, 0.2) is 74.3 Å². The highest BCUT2D eigenvalue weighted by Crippen LogP contribution is 2.20. The molecule has 0 aliphatic heterocycles. The van der Waals surface area contributed by atoms with Crippen molar-refractivity contribution < 1.29 is 18.3 Å². The third kappa shape index (κ3) is 4.95. The molecule has 31 heavy (non-hydrogen) atoms. The van der Waals surface area contributed by atoms with Gasteiger partial charge in [0.05, 0.1) is 12.2 Å². The maximum Gasteiger partial charge on any atom is 0.349 e. The first-order chi connectivity index (χ1) is 15.0. The molecule has 0 aliphatic carbocycles. The number of rotatable bonds is 6. The Hall–Kier alpha value is -3.59. The van der Waals surface area contributed by atoms with Crippen molar-refractivity contribution in [1.82, 2.24) is 15.5 Å². The lowest BCUT2D eigenvalue weighted by molar-refractivity contribution is 0.0943. The summed E-state index contributed by atoms with van der Waals surface area (Å²) in [6.45, 7) is 0.275. The summed E-state index contributed by atoms with van der Waals surface area (Å²) in [6, 6.07) is 15.9. The summed E-state index contributed by atoms with van der Waals surface area (Å²) in [5.74, 6) is -0.611. The largest absolute Gasteiger partial charge is 0.475 e. The van der Waals surface area contributed by atoms with Gasteiger partial charge in [-0.2, -0.15) is 0 Å². The third-order valence-corrected chi connectivity index (χ3v) is 4.85. The predicted octanol–water partition coefficient (Wildman–Crippen LogP) is 3.96. The Kier molecular flexibility index (Phi) is 6.03. The smallest absolute Gasteiger partial charge is 0.349 e. The number of ether oxygens (including phenoxy) is 1. The fourth-order valence-corrected chi connectivity index (χ4v) is 3.22. The van der Waals surface area contributed by atoms with E-state index < -0.39 is 11.5 Å². The van der Waals surface area contributed by atoms with Crippen molar-refractivity contribution in [3.8, 4) is 17.1 Å². The number of amides is 1. The maximum atomic E-state index is 13.0. The van der Waals surface area contributed by atoms with E-state index in [1.807, 2.05) is 0 Å². The topological polar surface area (TPSA) is 94.3 Å². The normalized spacial score (nSPS) is 10.8. The van der Waals surface area contributed by atoms with E-state index in [2.05, 4.69) is 31.4 Å². The molecule has 0 fully saturated rings. The molecule has 0 aliphatic rings. The number of nitrogens with zero attached hydrogens (tertiary/aromatic N) is 2. The lowest BCUT2D eigenvalue weighted by atomic mass is 10.1. The van der Waals surface area contributed by atoms with Crippen LogP contribution in [0.1, 0.15) is 10.4 Å². The molecular weight excluding hydrogens is 469 g/mol. The third-order valence-electron chi connectivity index (χ3n) is 4.36. The molecule has 156 valence electrons. The number of halogens is 2. The van der Waals surface area contributed by atoms with Gasteiger partial charge in [0.25, 0.3) is 5.91 Å². The lowest BCUT2D eigenvalue weighted by Crippen LogP contribution is -2.31. The number of hydrogen-bond acceptors (Lipinski definition) is 6. The standard InChI is InChI=1S/C22H15BrFN3O4/c23-15-3-7-19-14(11-15)12-17(22(29)31-19)21(28)25-9-10-30-20-8-6-18(26-27-20)13-1-4-16(24)5-2-13/h1-8,11-12H,9-10H2,(H,25,28). The maximum absolute atomic E-state index is 13.0. The van der Waals surface area contributed by atoms with E-state index in [0.717, 1.165) is 10.0 Å². The summed E-state index contributed by atoms with van der Waals surface area (Å²) in [6.07, 6.45) is 0. The van der Waals surface area contributed by atoms with Crippen LogP contribution in [-0.2, 0) is 0 Å². The Bertz CT molecular complexity index is 1290. The molecule has 0 saturated heterocycles. The van der Waals surface area contributed by atoms with Crippen LogP contribution >= 0.6 is 15.9 Å². The van der Waals surface area contributed by atoms with Gasteiger partial charge in [-0.1, -0.05) is 15.9 Å². The van der Waals surface area contributed by atoms with Crippen LogP contribution in [0, 0.1) is 5.82 Å². The summed E-state index contributed by atoms with van der Waals surface area (Å²) in [5, 5.41) is 11.2. The van der Waals surface area contributed by atoms with Crippen molar-refractivity contribution in [3.05, 3.63) is 86.9 Å². The van der Waals surface area contributed by atoms with Crippen LogP contribution in [0.2, 0.25) is 0 Å². The van der Waals surface area contributed by atoms with E-state index >= 15 is 0 Å². The summed E-state index contributed by atoms with van der Waals surface area (Å²) >= 11 is 3.34. The first-order valence-electron chi connectivity index (χ1n) is 9.24. The van der Waals surface area contributed by atoms with Crippen molar-refractivity contribution in [3.63, 3.8) is 0 Å². The van der Waals surface area contributed by atoms with Crippen LogP contribution in [0.25, 0.3) is 22.2 Å². The van der Waals surface area contributed by atoms with Crippen molar-refractivity contribution in [1.29, 1.82) is 0 Å².